The second kappa shape index (κ2) is 9.93. The van der Waals surface area contributed by atoms with Crippen molar-refractivity contribution in [1.82, 2.24) is 10.2 Å². The molecule has 0 spiro atoms. The van der Waals surface area contributed by atoms with Crippen LogP contribution in [0.1, 0.15) is 36.1 Å². The van der Waals surface area contributed by atoms with Gasteiger partial charge >= 0.3 is 0 Å². The number of ether oxygens (including phenoxy) is 1. The third-order valence-electron chi connectivity index (χ3n) is 4.51. The molecule has 0 saturated carbocycles. The Labute approximate surface area is 167 Å². The van der Waals surface area contributed by atoms with E-state index in [1.54, 1.807) is 11.8 Å². The van der Waals surface area contributed by atoms with Crippen molar-refractivity contribution in [3.63, 3.8) is 0 Å². The molecule has 0 aromatic heterocycles. The van der Waals surface area contributed by atoms with Crippen molar-refractivity contribution in [3.8, 4) is 5.75 Å². The molecule has 0 aliphatic carbocycles. The first-order valence-corrected chi connectivity index (χ1v) is 9.64. The lowest BCUT2D eigenvalue weighted by atomic mass is 10.1. The predicted molar refractivity (Wildman–Crippen MR) is 111 cm³/mol. The van der Waals surface area contributed by atoms with Gasteiger partial charge in [-0.2, -0.15) is 0 Å². The molecule has 0 bridgehead atoms. The number of amides is 2. The molecule has 5 heteroatoms. The topological polar surface area (TPSA) is 58.6 Å². The van der Waals surface area contributed by atoms with E-state index in [0.717, 1.165) is 22.3 Å². The van der Waals surface area contributed by atoms with E-state index in [1.807, 2.05) is 64.1 Å². The highest BCUT2D eigenvalue weighted by Gasteiger charge is 2.26. The van der Waals surface area contributed by atoms with Gasteiger partial charge in [-0.3, -0.25) is 9.59 Å². The lowest BCUT2D eigenvalue weighted by Crippen LogP contribution is -2.49. The van der Waals surface area contributed by atoms with Crippen molar-refractivity contribution in [1.29, 1.82) is 0 Å². The summed E-state index contributed by atoms with van der Waals surface area (Å²) < 4.78 is 5.74. The van der Waals surface area contributed by atoms with Gasteiger partial charge in [-0.25, -0.2) is 0 Å². The molecule has 2 aromatic rings. The Morgan fingerprint density at radius 2 is 1.71 bits per heavy atom. The Morgan fingerprint density at radius 3 is 2.32 bits per heavy atom. The molecule has 2 aromatic carbocycles. The zero-order valence-electron chi connectivity index (χ0n) is 17.4. The second-order valence-electron chi connectivity index (χ2n) is 7.19. The molecular formula is C23H30N2O3. The molecule has 150 valence electrons. The quantitative estimate of drug-likeness (QED) is 0.760. The number of nitrogens with one attached hydrogen (secondary N) is 1. The summed E-state index contributed by atoms with van der Waals surface area (Å²) in [7, 11) is 0. The zero-order chi connectivity index (χ0) is 20.7. The lowest BCUT2D eigenvalue weighted by molar-refractivity contribution is -0.142. The van der Waals surface area contributed by atoms with Gasteiger partial charge in [0.1, 0.15) is 11.8 Å². The summed E-state index contributed by atoms with van der Waals surface area (Å²) >= 11 is 0. The number of rotatable bonds is 8. The van der Waals surface area contributed by atoms with Crippen molar-refractivity contribution < 1.29 is 14.3 Å². The summed E-state index contributed by atoms with van der Waals surface area (Å²) in [6, 6.07) is 13.2. The normalized spacial score (nSPS) is 11.6. The molecular weight excluding hydrogens is 352 g/mol. The second-order valence-corrected chi connectivity index (χ2v) is 7.19. The SMILES string of the molecule is CCNC(=O)[C@@H](C)N(Cc1cccc(C)c1)C(=O)COc1cc(C)cc(C)c1. The Hall–Kier alpha value is -2.82. The number of hydrogen-bond acceptors (Lipinski definition) is 3. The van der Waals surface area contributed by atoms with E-state index in [2.05, 4.69) is 11.4 Å². The molecule has 28 heavy (non-hydrogen) atoms. The molecule has 1 N–H and O–H groups in total. The van der Waals surface area contributed by atoms with Crippen LogP contribution in [0.4, 0.5) is 0 Å². The summed E-state index contributed by atoms with van der Waals surface area (Å²) in [6.45, 7) is 10.4. The maximum atomic E-state index is 12.9. The van der Waals surface area contributed by atoms with Gasteiger partial charge in [-0.05, 0) is 63.4 Å². The van der Waals surface area contributed by atoms with Gasteiger partial charge < -0.3 is 15.0 Å². The van der Waals surface area contributed by atoms with E-state index in [0.29, 0.717) is 18.8 Å². The van der Waals surface area contributed by atoms with Crippen LogP contribution < -0.4 is 10.1 Å². The van der Waals surface area contributed by atoms with Crippen molar-refractivity contribution in [2.45, 2.75) is 47.2 Å². The van der Waals surface area contributed by atoms with Crippen LogP contribution in [0.25, 0.3) is 0 Å². The third-order valence-corrected chi connectivity index (χ3v) is 4.51. The van der Waals surface area contributed by atoms with Crippen molar-refractivity contribution in [2.75, 3.05) is 13.2 Å². The largest absolute Gasteiger partial charge is 0.484 e. The van der Waals surface area contributed by atoms with E-state index in [1.165, 1.54) is 0 Å². The number of aryl methyl sites for hydroxylation is 3. The smallest absolute Gasteiger partial charge is 0.261 e. The Morgan fingerprint density at radius 1 is 1.04 bits per heavy atom. The van der Waals surface area contributed by atoms with Crippen molar-refractivity contribution in [3.05, 3.63) is 64.7 Å². The fraction of sp³-hybridized carbons (Fsp3) is 0.391. The first kappa shape index (κ1) is 21.5. The standard InChI is InChI=1S/C23H30N2O3/c1-6-24-23(27)19(5)25(14-20-9-7-8-16(2)11-20)22(26)15-28-21-12-17(3)10-18(4)13-21/h7-13,19H,6,14-15H2,1-5H3,(H,24,27)/t19-/m1/s1. The average Bonchev–Trinajstić information content (AvgIpc) is 2.63. The molecule has 0 aliphatic heterocycles. The Balaban J connectivity index is 2.16. The molecule has 2 amide bonds. The lowest BCUT2D eigenvalue weighted by Gasteiger charge is -2.28. The Bertz CT molecular complexity index is 812. The number of likely N-dealkylation sites (N-methyl/N-ethyl adjacent to an activating group) is 1. The summed E-state index contributed by atoms with van der Waals surface area (Å²) in [5, 5.41) is 2.79. The first-order valence-electron chi connectivity index (χ1n) is 9.64. The van der Waals surface area contributed by atoms with Crippen molar-refractivity contribution >= 4 is 11.8 Å². The van der Waals surface area contributed by atoms with Crippen LogP contribution in [0, 0.1) is 20.8 Å². The van der Waals surface area contributed by atoms with E-state index in [9.17, 15) is 9.59 Å². The third kappa shape index (κ3) is 6.12. The number of benzene rings is 2. The van der Waals surface area contributed by atoms with Crippen LogP contribution >= 0.6 is 0 Å². The number of carbonyl (C=O) groups is 2. The summed E-state index contributed by atoms with van der Waals surface area (Å²) in [5.41, 5.74) is 4.25. The predicted octanol–water partition coefficient (Wildman–Crippen LogP) is 3.54. The summed E-state index contributed by atoms with van der Waals surface area (Å²) in [5.74, 6) is 0.265. The van der Waals surface area contributed by atoms with E-state index in [4.69, 9.17) is 4.74 Å². The van der Waals surface area contributed by atoms with Crippen LogP contribution in [-0.2, 0) is 16.1 Å². The minimum atomic E-state index is -0.587. The van der Waals surface area contributed by atoms with Crippen LogP contribution in [-0.4, -0.2) is 35.9 Å². The van der Waals surface area contributed by atoms with Gasteiger partial charge in [0.25, 0.3) is 5.91 Å². The van der Waals surface area contributed by atoms with Crippen LogP contribution in [0.2, 0.25) is 0 Å². The monoisotopic (exact) mass is 382 g/mol. The van der Waals surface area contributed by atoms with E-state index < -0.39 is 6.04 Å². The van der Waals surface area contributed by atoms with Crippen LogP contribution in [0.15, 0.2) is 42.5 Å². The molecule has 0 aliphatic rings. The van der Waals surface area contributed by atoms with Gasteiger partial charge in [-0.15, -0.1) is 0 Å². The molecule has 1 atom stereocenters. The van der Waals surface area contributed by atoms with Gasteiger partial charge in [-0.1, -0.05) is 35.9 Å². The highest BCUT2D eigenvalue weighted by atomic mass is 16.5. The summed E-state index contributed by atoms with van der Waals surface area (Å²) in [4.78, 5) is 26.9. The van der Waals surface area contributed by atoms with Crippen molar-refractivity contribution in [2.24, 2.45) is 0 Å². The molecule has 0 unspecified atom stereocenters. The molecule has 0 fully saturated rings. The zero-order valence-corrected chi connectivity index (χ0v) is 17.4. The molecule has 0 radical (unpaired) electrons. The van der Waals surface area contributed by atoms with Crippen LogP contribution in [0.5, 0.6) is 5.75 Å². The van der Waals surface area contributed by atoms with E-state index in [-0.39, 0.29) is 18.4 Å². The first-order chi connectivity index (χ1) is 13.3. The van der Waals surface area contributed by atoms with E-state index >= 15 is 0 Å². The fourth-order valence-electron chi connectivity index (χ4n) is 3.16. The van der Waals surface area contributed by atoms with Crippen LogP contribution in [0.3, 0.4) is 0 Å². The van der Waals surface area contributed by atoms with Gasteiger partial charge in [0.2, 0.25) is 5.91 Å². The minimum Gasteiger partial charge on any atom is -0.484 e. The molecule has 5 nitrogen and oxygen atoms in total. The molecule has 2 rings (SSSR count). The number of hydrogen-bond donors (Lipinski definition) is 1. The van der Waals surface area contributed by atoms with Gasteiger partial charge in [0.15, 0.2) is 6.61 Å². The maximum Gasteiger partial charge on any atom is 0.261 e. The number of nitrogens with zero attached hydrogens (tertiary/aromatic N) is 1. The highest BCUT2D eigenvalue weighted by molar-refractivity contribution is 5.87. The number of carbonyl (C=O) groups excluding carboxylic acids is 2. The highest BCUT2D eigenvalue weighted by Crippen LogP contribution is 2.17. The van der Waals surface area contributed by atoms with Gasteiger partial charge in [0, 0.05) is 13.1 Å². The Kier molecular flexibility index (Phi) is 7.61. The average molecular weight is 383 g/mol. The molecule has 0 heterocycles. The fourth-order valence-corrected chi connectivity index (χ4v) is 3.16. The van der Waals surface area contributed by atoms with Gasteiger partial charge in [0.05, 0.1) is 0 Å². The summed E-state index contributed by atoms with van der Waals surface area (Å²) in [6.07, 6.45) is 0. The maximum absolute atomic E-state index is 12.9. The minimum absolute atomic E-state index is 0.113. The molecule has 0 saturated heterocycles.